The molecule has 0 aliphatic carbocycles. The molecule has 110 valence electrons. The molecule has 2 rings (SSSR count). The van der Waals surface area contributed by atoms with Gasteiger partial charge in [-0.3, -0.25) is 0 Å². The molecule has 1 aromatic heterocycles. The molecule has 0 unspecified atom stereocenters. The number of aromatic nitrogens is 2. The first-order valence-corrected chi connectivity index (χ1v) is 6.74. The average Bonchev–Trinajstić information content (AvgIpc) is 2.43. The van der Waals surface area contributed by atoms with Crippen LogP contribution in [0.25, 0.3) is 0 Å². The predicted octanol–water partition coefficient (Wildman–Crippen LogP) is 2.74. The van der Waals surface area contributed by atoms with Gasteiger partial charge in [-0.1, -0.05) is 24.3 Å². The summed E-state index contributed by atoms with van der Waals surface area (Å²) in [4.78, 5) is 13.3. The lowest BCUT2D eigenvalue weighted by molar-refractivity contribution is 0.0696. The number of nitrogens with zero attached hydrogens (tertiary/aromatic N) is 3. The molecule has 0 spiro atoms. The lowest BCUT2D eigenvalue weighted by atomic mass is 10.1. The van der Waals surface area contributed by atoms with Crippen LogP contribution in [0.2, 0.25) is 0 Å². The first-order chi connectivity index (χ1) is 9.91. The normalized spacial score (nSPS) is 10.5. The zero-order chi connectivity index (χ0) is 15.6. The Kier molecular flexibility index (Phi) is 4.21. The third-order valence-electron chi connectivity index (χ3n) is 3.68. The van der Waals surface area contributed by atoms with Gasteiger partial charge in [0.15, 0.2) is 5.82 Å². The van der Waals surface area contributed by atoms with E-state index >= 15 is 0 Å². The van der Waals surface area contributed by atoms with E-state index in [1.807, 2.05) is 43.1 Å². The summed E-state index contributed by atoms with van der Waals surface area (Å²) < 4.78 is 0. The summed E-state index contributed by atoms with van der Waals surface area (Å²) in [6.45, 7) is 6.15. The number of aromatic carboxylic acids is 1. The number of hydrogen-bond acceptors (Lipinski definition) is 4. The molecule has 0 atom stereocenters. The number of hydrogen-bond donors (Lipinski definition) is 1. The van der Waals surface area contributed by atoms with Gasteiger partial charge in [0.25, 0.3) is 0 Å². The lowest BCUT2D eigenvalue weighted by Crippen LogP contribution is -2.23. The maximum absolute atomic E-state index is 11.5. The molecule has 5 nitrogen and oxygen atoms in total. The van der Waals surface area contributed by atoms with Crippen LogP contribution in [0.1, 0.15) is 32.7 Å². The molecule has 1 N–H and O–H groups in total. The third kappa shape index (κ3) is 3.02. The summed E-state index contributed by atoms with van der Waals surface area (Å²) in [6, 6.07) is 8.02. The highest BCUT2D eigenvalue weighted by Crippen LogP contribution is 2.23. The first kappa shape index (κ1) is 15.0. The maximum Gasteiger partial charge on any atom is 0.339 e. The lowest BCUT2D eigenvalue weighted by Gasteiger charge is -2.21. The van der Waals surface area contributed by atoms with E-state index in [4.69, 9.17) is 0 Å². The number of benzene rings is 1. The summed E-state index contributed by atoms with van der Waals surface area (Å²) in [5, 5.41) is 17.6. The number of rotatable bonds is 4. The second kappa shape index (κ2) is 5.91. The zero-order valence-electron chi connectivity index (χ0n) is 12.7. The summed E-state index contributed by atoms with van der Waals surface area (Å²) in [5.41, 5.74) is 3.82. The Morgan fingerprint density at radius 1 is 1.19 bits per heavy atom. The van der Waals surface area contributed by atoms with Gasteiger partial charge >= 0.3 is 5.97 Å². The number of carbonyl (C=O) groups is 1. The van der Waals surface area contributed by atoms with Crippen molar-refractivity contribution in [1.82, 2.24) is 10.2 Å². The Bertz CT molecular complexity index is 683. The largest absolute Gasteiger partial charge is 0.478 e. The third-order valence-corrected chi connectivity index (χ3v) is 3.68. The number of carboxylic acids is 1. The maximum atomic E-state index is 11.5. The minimum atomic E-state index is -0.975. The van der Waals surface area contributed by atoms with Crippen molar-refractivity contribution < 1.29 is 9.90 Å². The van der Waals surface area contributed by atoms with Crippen molar-refractivity contribution in [3.8, 4) is 0 Å². The van der Waals surface area contributed by atoms with E-state index in [2.05, 4.69) is 10.2 Å². The van der Waals surface area contributed by atoms with E-state index in [9.17, 15) is 9.90 Å². The molecular formula is C16H19N3O2. The molecule has 1 aromatic carbocycles. The van der Waals surface area contributed by atoms with Crippen molar-refractivity contribution in [3.05, 3.63) is 52.2 Å². The van der Waals surface area contributed by atoms with E-state index < -0.39 is 5.97 Å². The summed E-state index contributed by atoms with van der Waals surface area (Å²) in [5.74, 6) is -0.578. The highest BCUT2D eigenvalue weighted by molar-refractivity contribution is 5.95. The number of carboxylic acid groups (broad SMARTS) is 1. The highest BCUT2D eigenvalue weighted by Gasteiger charge is 2.20. The second-order valence-electron chi connectivity index (χ2n) is 5.20. The molecule has 0 saturated heterocycles. The Balaban J connectivity index is 2.40. The smallest absolute Gasteiger partial charge is 0.339 e. The van der Waals surface area contributed by atoms with E-state index in [1.165, 1.54) is 0 Å². The van der Waals surface area contributed by atoms with E-state index in [1.54, 1.807) is 13.8 Å². The predicted molar refractivity (Wildman–Crippen MR) is 81.8 cm³/mol. The molecule has 0 amide bonds. The Labute approximate surface area is 124 Å². The van der Waals surface area contributed by atoms with Crippen molar-refractivity contribution >= 4 is 11.8 Å². The van der Waals surface area contributed by atoms with Crippen LogP contribution in [0, 0.1) is 20.8 Å². The summed E-state index contributed by atoms with van der Waals surface area (Å²) in [6.07, 6.45) is 0. The number of aryl methyl sites for hydroxylation is 2. The van der Waals surface area contributed by atoms with Gasteiger partial charge in [-0.15, -0.1) is 5.10 Å². The van der Waals surface area contributed by atoms with Gasteiger partial charge < -0.3 is 10.0 Å². The Morgan fingerprint density at radius 2 is 1.86 bits per heavy atom. The molecule has 0 radical (unpaired) electrons. The van der Waals surface area contributed by atoms with Crippen LogP contribution in [0.5, 0.6) is 0 Å². The van der Waals surface area contributed by atoms with Gasteiger partial charge in [-0.25, -0.2) is 4.79 Å². The summed E-state index contributed by atoms with van der Waals surface area (Å²) >= 11 is 0. The van der Waals surface area contributed by atoms with E-state index in [0.29, 0.717) is 23.6 Å². The molecule has 21 heavy (non-hydrogen) atoms. The molecule has 1 heterocycles. The van der Waals surface area contributed by atoms with Crippen LogP contribution in [-0.2, 0) is 6.54 Å². The quantitative estimate of drug-likeness (QED) is 0.935. The van der Waals surface area contributed by atoms with Crippen LogP contribution in [0.15, 0.2) is 24.3 Å². The zero-order valence-corrected chi connectivity index (χ0v) is 12.7. The Hall–Kier alpha value is -2.43. The second-order valence-corrected chi connectivity index (χ2v) is 5.20. The van der Waals surface area contributed by atoms with Crippen molar-refractivity contribution in [3.63, 3.8) is 0 Å². The van der Waals surface area contributed by atoms with Gasteiger partial charge in [0.2, 0.25) is 0 Å². The average molecular weight is 285 g/mol. The van der Waals surface area contributed by atoms with Crippen molar-refractivity contribution in [2.45, 2.75) is 27.3 Å². The minimum Gasteiger partial charge on any atom is -0.478 e. The van der Waals surface area contributed by atoms with Crippen LogP contribution in [0.3, 0.4) is 0 Å². The van der Waals surface area contributed by atoms with E-state index in [-0.39, 0.29) is 5.56 Å². The molecule has 2 aromatic rings. The molecule has 0 aliphatic rings. The summed E-state index contributed by atoms with van der Waals surface area (Å²) in [7, 11) is 1.83. The van der Waals surface area contributed by atoms with Crippen LogP contribution in [-0.4, -0.2) is 28.3 Å². The van der Waals surface area contributed by atoms with Gasteiger partial charge in [0, 0.05) is 13.6 Å². The molecular weight excluding hydrogens is 266 g/mol. The molecule has 5 heteroatoms. The monoisotopic (exact) mass is 285 g/mol. The van der Waals surface area contributed by atoms with Crippen LogP contribution < -0.4 is 4.90 Å². The van der Waals surface area contributed by atoms with Gasteiger partial charge in [-0.2, -0.15) is 5.10 Å². The topological polar surface area (TPSA) is 66.3 Å². The van der Waals surface area contributed by atoms with Gasteiger partial charge in [0.1, 0.15) is 5.56 Å². The van der Waals surface area contributed by atoms with Crippen LogP contribution in [0.4, 0.5) is 5.82 Å². The minimum absolute atomic E-state index is 0.221. The van der Waals surface area contributed by atoms with E-state index in [0.717, 1.165) is 11.1 Å². The SMILES string of the molecule is Cc1ccccc1CN(C)c1nnc(C)c(C)c1C(=O)O. The molecule has 0 aliphatic heterocycles. The fourth-order valence-corrected chi connectivity index (χ4v) is 2.24. The van der Waals surface area contributed by atoms with Gasteiger partial charge in [0.05, 0.1) is 5.69 Å². The highest BCUT2D eigenvalue weighted by atomic mass is 16.4. The standard InChI is InChI=1S/C16H19N3O2/c1-10-7-5-6-8-13(10)9-19(4)15-14(16(20)21)11(2)12(3)17-18-15/h5-8H,9H2,1-4H3,(H,20,21). The number of anilines is 1. The molecule has 0 saturated carbocycles. The Morgan fingerprint density at radius 3 is 2.48 bits per heavy atom. The fourth-order valence-electron chi connectivity index (χ4n) is 2.24. The molecule has 0 bridgehead atoms. The molecule has 0 fully saturated rings. The van der Waals surface area contributed by atoms with Gasteiger partial charge in [-0.05, 0) is 37.5 Å². The van der Waals surface area contributed by atoms with Crippen molar-refractivity contribution in [2.24, 2.45) is 0 Å². The fraction of sp³-hybridized carbons (Fsp3) is 0.312. The van der Waals surface area contributed by atoms with Crippen LogP contribution >= 0.6 is 0 Å². The first-order valence-electron chi connectivity index (χ1n) is 6.74. The van der Waals surface area contributed by atoms with Crippen molar-refractivity contribution in [2.75, 3.05) is 11.9 Å². The van der Waals surface area contributed by atoms with Crippen molar-refractivity contribution in [1.29, 1.82) is 0 Å².